The fourth-order valence-electron chi connectivity index (χ4n) is 2.44. The Labute approximate surface area is 94.0 Å². The van der Waals surface area contributed by atoms with Crippen LogP contribution in [0.25, 0.3) is 0 Å². The molecule has 2 nitrogen and oxygen atoms in total. The summed E-state index contributed by atoms with van der Waals surface area (Å²) in [5, 5.41) is 0. The quantitative estimate of drug-likeness (QED) is 0.645. The van der Waals surface area contributed by atoms with Crippen molar-refractivity contribution in [3.63, 3.8) is 0 Å². The molecule has 0 aromatic heterocycles. The van der Waals surface area contributed by atoms with Gasteiger partial charge in [-0.2, -0.15) is 0 Å². The minimum atomic E-state index is 0.416. The number of nitrogens with zero attached hydrogens (tertiary/aromatic N) is 1. The first-order valence-corrected chi connectivity index (χ1v) is 6.50. The number of ketones is 1. The van der Waals surface area contributed by atoms with Crippen LogP contribution in [-0.2, 0) is 4.79 Å². The molecular formula is C13H25NO. The summed E-state index contributed by atoms with van der Waals surface area (Å²) in [4.78, 5) is 13.7. The molecular weight excluding hydrogens is 186 g/mol. The SMILES string of the molecule is CCCC1CCN(CCCC(=O)CC)C1. The number of carbonyl (C=O) groups is 1. The molecule has 0 aliphatic carbocycles. The maximum atomic E-state index is 11.1. The van der Waals surface area contributed by atoms with Crippen molar-refractivity contribution in [2.24, 2.45) is 5.92 Å². The van der Waals surface area contributed by atoms with Crippen LogP contribution >= 0.6 is 0 Å². The highest BCUT2D eigenvalue weighted by Crippen LogP contribution is 2.20. The van der Waals surface area contributed by atoms with E-state index in [1.807, 2.05) is 6.92 Å². The fraction of sp³-hybridized carbons (Fsp3) is 0.923. The van der Waals surface area contributed by atoms with Gasteiger partial charge in [-0.25, -0.2) is 0 Å². The van der Waals surface area contributed by atoms with E-state index < -0.39 is 0 Å². The van der Waals surface area contributed by atoms with Crippen LogP contribution in [0, 0.1) is 5.92 Å². The molecule has 0 aromatic rings. The third kappa shape index (κ3) is 4.78. The number of likely N-dealkylation sites (tertiary alicyclic amines) is 1. The highest BCUT2D eigenvalue weighted by Gasteiger charge is 2.20. The molecule has 0 bridgehead atoms. The first-order chi connectivity index (χ1) is 7.26. The van der Waals surface area contributed by atoms with Crippen molar-refractivity contribution in [1.82, 2.24) is 4.90 Å². The lowest BCUT2D eigenvalue weighted by Gasteiger charge is -2.15. The van der Waals surface area contributed by atoms with Crippen LogP contribution in [0.2, 0.25) is 0 Å². The molecule has 15 heavy (non-hydrogen) atoms. The van der Waals surface area contributed by atoms with E-state index in [9.17, 15) is 4.79 Å². The summed E-state index contributed by atoms with van der Waals surface area (Å²) in [6.45, 7) is 7.88. The van der Waals surface area contributed by atoms with Gasteiger partial charge in [-0.3, -0.25) is 4.79 Å². The Bertz CT molecular complexity index is 191. The number of Topliss-reactive ketones (excluding diaryl/α,β-unsaturated/α-hetero) is 1. The molecule has 0 N–H and O–H groups in total. The maximum absolute atomic E-state index is 11.1. The van der Waals surface area contributed by atoms with Gasteiger partial charge in [0.2, 0.25) is 0 Å². The third-order valence-corrected chi connectivity index (χ3v) is 3.39. The summed E-state index contributed by atoms with van der Waals surface area (Å²) in [7, 11) is 0. The number of rotatable bonds is 7. The van der Waals surface area contributed by atoms with Crippen molar-refractivity contribution in [2.45, 2.75) is 52.4 Å². The largest absolute Gasteiger partial charge is 0.303 e. The van der Waals surface area contributed by atoms with Crippen LogP contribution < -0.4 is 0 Å². The molecule has 0 saturated carbocycles. The highest BCUT2D eigenvalue weighted by molar-refractivity contribution is 5.77. The molecule has 88 valence electrons. The lowest BCUT2D eigenvalue weighted by atomic mass is 10.0. The van der Waals surface area contributed by atoms with Gasteiger partial charge in [-0.1, -0.05) is 20.3 Å². The number of carbonyl (C=O) groups excluding carboxylic acids is 1. The molecule has 0 radical (unpaired) electrons. The normalized spacial score (nSPS) is 22.1. The average molecular weight is 211 g/mol. The smallest absolute Gasteiger partial charge is 0.132 e. The lowest BCUT2D eigenvalue weighted by Crippen LogP contribution is -2.22. The van der Waals surface area contributed by atoms with Gasteiger partial charge < -0.3 is 4.90 Å². The maximum Gasteiger partial charge on any atom is 0.132 e. The predicted octanol–water partition coefficient (Wildman–Crippen LogP) is 2.87. The zero-order chi connectivity index (χ0) is 11.1. The monoisotopic (exact) mass is 211 g/mol. The molecule has 1 atom stereocenters. The average Bonchev–Trinajstić information content (AvgIpc) is 2.66. The van der Waals surface area contributed by atoms with Crippen molar-refractivity contribution >= 4 is 5.78 Å². The van der Waals surface area contributed by atoms with Crippen LogP contribution in [0.5, 0.6) is 0 Å². The van der Waals surface area contributed by atoms with Crippen LogP contribution in [0.1, 0.15) is 52.4 Å². The minimum absolute atomic E-state index is 0.416. The number of hydrogen-bond acceptors (Lipinski definition) is 2. The van der Waals surface area contributed by atoms with Gasteiger partial charge in [0, 0.05) is 19.4 Å². The van der Waals surface area contributed by atoms with Gasteiger partial charge in [0.15, 0.2) is 0 Å². The van der Waals surface area contributed by atoms with Crippen molar-refractivity contribution in [1.29, 1.82) is 0 Å². The molecule has 1 aliphatic rings. The molecule has 1 fully saturated rings. The van der Waals surface area contributed by atoms with E-state index >= 15 is 0 Å². The van der Waals surface area contributed by atoms with E-state index in [1.54, 1.807) is 0 Å². The molecule has 1 saturated heterocycles. The third-order valence-electron chi connectivity index (χ3n) is 3.39. The molecule has 1 aliphatic heterocycles. The van der Waals surface area contributed by atoms with E-state index in [1.165, 1.54) is 32.4 Å². The fourth-order valence-corrected chi connectivity index (χ4v) is 2.44. The summed E-state index contributed by atoms with van der Waals surface area (Å²) >= 11 is 0. The van der Waals surface area contributed by atoms with Crippen molar-refractivity contribution in [3.8, 4) is 0 Å². The first-order valence-electron chi connectivity index (χ1n) is 6.50. The molecule has 1 unspecified atom stereocenters. The second-order valence-corrected chi connectivity index (χ2v) is 4.74. The first kappa shape index (κ1) is 12.7. The Balaban J connectivity index is 2.06. The molecule has 0 spiro atoms. The summed E-state index contributed by atoms with van der Waals surface area (Å²) in [6.07, 6.45) is 6.61. The topological polar surface area (TPSA) is 20.3 Å². The Morgan fingerprint density at radius 3 is 2.87 bits per heavy atom. The van der Waals surface area contributed by atoms with Crippen LogP contribution in [0.4, 0.5) is 0 Å². The lowest BCUT2D eigenvalue weighted by molar-refractivity contribution is -0.118. The number of hydrogen-bond donors (Lipinski definition) is 0. The summed E-state index contributed by atoms with van der Waals surface area (Å²) < 4.78 is 0. The minimum Gasteiger partial charge on any atom is -0.303 e. The second-order valence-electron chi connectivity index (χ2n) is 4.74. The standard InChI is InChI=1S/C13H25NO/c1-3-6-12-8-10-14(11-12)9-5-7-13(15)4-2/h12H,3-11H2,1-2H3. The van der Waals surface area contributed by atoms with E-state index in [0.717, 1.165) is 25.3 Å². The van der Waals surface area contributed by atoms with E-state index in [2.05, 4.69) is 11.8 Å². The molecule has 0 amide bonds. The van der Waals surface area contributed by atoms with Gasteiger partial charge >= 0.3 is 0 Å². The Morgan fingerprint density at radius 2 is 2.20 bits per heavy atom. The van der Waals surface area contributed by atoms with Gasteiger partial charge in [-0.05, 0) is 38.3 Å². The van der Waals surface area contributed by atoms with Crippen molar-refractivity contribution < 1.29 is 4.79 Å². The highest BCUT2D eigenvalue weighted by atomic mass is 16.1. The zero-order valence-corrected chi connectivity index (χ0v) is 10.3. The zero-order valence-electron chi connectivity index (χ0n) is 10.3. The predicted molar refractivity (Wildman–Crippen MR) is 64.0 cm³/mol. The van der Waals surface area contributed by atoms with E-state index in [-0.39, 0.29) is 0 Å². The Kier molecular flexibility index (Phi) is 5.92. The summed E-state index contributed by atoms with van der Waals surface area (Å²) in [5.41, 5.74) is 0. The molecule has 2 heteroatoms. The van der Waals surface area contributed by atoms with Gasteiger partial charge in [0.05, 0.1) is 0 Å². The van der Waals surface area contributed by atoms with E-state index in [0.29, 0.717) is 12.2 Å². The van der Waals surface area contributed by atoms with Gasteiger partial charge in [0.1, 0.15) is 5.78 Å². The van der Waals surface area contributed by atoms with Gasteiger partial charge in [-0.15, -0.1) is 0 Å². The van der Waals surface area contributed by atoms with Crippen molar-refractivity contribution in [3.05, 3.63) is 0 Å². The second kappa shape index (κ2) is 7.00. The van der Waals surface area contributed by atoms with Crippen LogP contribution in [0.3, 0.4) is 0 Å². The van der Waals surface area contributed by atoms with Crippen LogP contribution in [0.15, 0.2) is 0 Å². The van der Waals surface area contributed by atoms with Gasteiger partial charge in [0.25, 0.3) is 0 Å². The Morgan fingerprint density at radius 1 is 1.40 bits per heavy atom. The van der Waals surface area contributed by atoms with E-state index in [4.69, 9.17) is 0 Å². The molecule has 1 rings (SSSR count). The molecule has 1 heterocycles. The Hall–Kier alpha value is -0.370. The summed E-state index contributed by atoms with van der Waals surface area (Å²) in [5.74, 6) is 1.34. The molecule has 0 aromatic carbocycles. The van der Waals surface area contributed by atoms with Crippen molar-refractivity contribution in [2.75, 3.05) is 19.6 Å². The van der Waals surface area contributed by atoms with Crippen LogP contribution in [-0.4, -0.2) is 30.3 Å². The summed E-state index contributed by atoms with van der Waals surface area (Å²) in [6, 6.07) is 0.